The fourth-order valence-corrected chi connectivity index (χ4v) is 4.33. The van der Waals surface area contributed by atoms with Gasteiger partial charge in [0, 0.05) is 0 Å². The Labute approximate surface area is 173 Å². The van der Waals surface area contributed by atoms with E-state index in [2.05, 4.69) is 0 Å². The first kappa shape index (κ1) is 21.7. The molecule has 2 saturated carbocycles. The van der Waals surface area contributed by atoms with Crippen molar-refractivity contribution in [1.82, 2.24) is 0 Å². The Morgan fingerprint density at radius 3 is 2.00 bits per heavy atom. The molecule has 2 fully saturated rings. The van der Waals surface area contributed by atoms with E-state index in [1.165, 1.54) is 0 Å². The summed E-state index contributed by atoms with van der Waals surface area (Å²) >= 11 is 0. The molecule has 3 rings (SSSR count). The maximum Gasteiger partial charge on any atom is 0.309 e. The molecule has 2 aliphatic rings. The van der Waals surface area contributed by atoms with Crippen LogP contribution in [0.1, 0.15) is 88.2 Å². The van der Waals surface area contributed by atoms with Gasteiger partial charge in [-0.2, -0.15) is 0 Å². The van der Waals surface area contributed by atoms with Crippen LogP contribution in [-0.2, 0) is 27.2 Å². The third-order valence-corrected chi connectivity index (χ3v) is 6.80. The van der Waals surface area contributed by atoms with E-state index in [1.807, 2.05) is 18.2 Å². The second kappa shape index (κ2) is 9.64. The molecule has 0 atom stereocenters. The molecular formula is C24H34O5. The van der Waals surface area contributed by atoms with Gasteiger partial charge in [-0.05, 0) is 81.8 Å². The van der Waals surface area contributed by atoms with Crippen molar-refractivity contribution < 1.29 is 24.5 Å². The maximum absolute atomic E-state index is 11.2. The number of carboxylic acids is 1. The molecule has 5 nitrogen and oxygen atoms in total. The number of carbonyl (C=O) groups is 2. The molecule has 0 bridgehead atoms. The van der Waals surface area contributed by atoms with Crippen LogP contribution < -0.4 is 0 Å². The van der Waals surface area contributed by atoms with Gasteiger partial charge in [0.1, 0.15) is 11.4 Å². The summed E-state index contributed by atoms with van der Waals surface area (Å²) in [6.07, 6.45) is 13.1. The minimum absolute atomic E-state index is 0.159. The lowest BCUT2D eigenvalue weighted by Crippen LogP contribution is -2.14. The number of aryl methyl sites for hydroxylation is 2. The average Bonchev–Trinajstić information content (AvgIpc) is 3.61. The Kier molecular flexibility index (Phi) is 7.20. The lowest BCUT2D eigenvalue weighted by molar-refractivity contribution is -0.143. The number of carboxylic acid groups (broad SMARTS) is 1. The number of benzene rings is 1. The van der Waals surface area contributed by atoms with E-state index in [-0.39, 0.29) is 5.60 Å². The van der Waals surface area contributed by atoms with E-state index >= 15 is 0 Å². The first-order valence-corrected chi connectivity index (χ1v) is 11.1. The van der Waals surface area contributed by atoms with Crippen LogP contribution in [0.3, 0.4) is 0 Å². The zero-order chi connectivity index (χ0) is 20.7. The SMILES string of the molecule is O=COC1(CCCCCc2cccc(CCCCCC3(C(=O)O)CC3)c2O)CC1. The molecule has 0 saturated heterocycles. The number of phenolic OH excluding ortho intramolecular Hbond substituents is 1. The Bertz CT molecular complexity index is 703. The summed E-state index contributed by atoms with van der Waals surface area (Å²) in [5, 5.41) is 19.8. The van der Waals surface area contributed by atoms with Gasteiger partial charge in [-0.15, -0.1) is 0 Å². The molecule has 29 heavy (non-hydrogen) atoms. The highest BCUT2D eigenvalue weighted by atomic mass is 16.5. The molecule has 0 heterocycles. The highest BCUT2D eigenvalue weighted by Gasteiger charge is 2.49. The lowest BCUT2D eigenvalue weighted by Gasteiger charge is -2.13. The molecule has 0 amide bonds. The van der Waals surface area contributed by atoms with E-state index < -0.39 is 11.4 Å². The molecule has 1 aromatic rings. The van der Waals surface area contributed by atoms with Crippen LogP contribution >= 0.6 is 0 Å². The second-order valence-corrected chi connectivity index (χ2v) is 9.03. The quantitative estimate of drug-likeness (QED) is 0.312. The third kappa shape index (κ3) is 5.97. The topological polar surface area (TPSA) is 83.8 Å². The van der Waals surface area contributed by atoms with Crippen molar-refractivity contribution in [3.05, 3.63) is 29.3 Å². The Morgan fingerprint density at radius 2 is 1.52 bits per heavy atom. The van der Waals surface area contributed by atoms with Crippen molar-refractivity contribution >= 4 is 12.4 Å². The predicted octanol–water partition coefficient (Wildman–Crippen LogP) is 5.17. The van der Waals surface area contributed by atoms with Crippen molar-refractivity contribution in [3.8, 4) is 5.75 Å². The minimum atomic E-state index is -0.633. The van der Waals surface area contributed by atoms with Crippen molar-refractivity contribution in [2.75, 3.05) is 0 Å². The third-order valence-electron chi connectivity index (χ3n) is 6.80. The minimum Gasteiger partial charge on any atom is -0.507 e. The van der Waals surface area contributed by atoms with Crippen LogP contribution in [-0.4, -0.2) is 28.3 Å². The summed E-state index contributed by atoms with van der Waals surface area (Å²) in [6.45, 7) is 0.576. The Balaban J connectivity index is 1.33. The summed E-state index contributed by atoms with van der Waals surface area (Å²) < 4.78 is 5.18. The molecule has 2 N–H and O–H groups in total. The molecule has 0 aliphatic heterocycles. The van der Waals surface area contributed by atoms with E-state index in [4.69, 9.17) is 4.74 Å². The predicted molar refractivity (Wildman–Crippen MR) is 111 cm³/mol. The molecule has 0 spiro atoms. The van der Waals surface area contributed by atoms with Gasteiger partial charge >= 0.3 is 5.97 Å². The summed E-state index contributed by atoms with van der Waals surface area (Å²) in [5.74, 6) is -0.203. The van der Waals surface area contributed by atoms with Crippen LogP contribution in [0.4, 0.5) is 0 Å². The van der Waals surface area contributed by atoms with Crippen molar-refractivity contribution in [1.29, 1.82) is 0 Å². The highest BCUT2D eigenvalue weighted by Crippen LogP contribution is 2.50. The number of phenols is 1. The van der Waals surface area contributed by atoms with Crippen molar-refractivity contribution in [2.45, 2.75) is 95.5 Å². The second-order valence-electron chi connectivity index (χ2n) is 9.03. The Hall–Kier alpha value is -2.04. The van der Waals surface area contributed by atoms with Crippen LogP contribution in [0, 0.1) is 5.41 Å². The molecule has 0 aromatic heterocycles. The number of para-hydroxylation sites is 1. The molecular weight excluding hydrogens is 368 g/mol. The number of hydrogen-bond acceptors (Lipinski definition) is 4. The van der Waals surface area contributed by atoms with Crippen LogP contribution in [0.5, 0.6) is 5.75 Å². The van der Waals surface area contributed by atoms with Crippen LogP contribution in [0.15, 0.2) is 18.2 Å². The van der Waals surface area contributed by atoms with Gasteiger partial charge in [0.05, 0.1) is 5.41 Å². The van der Waals surface area contributed by atoms with Gasteiger partial charge in [-0.1, -0.05) is 37.5 Å². The van der Waals surface area contributed by atoms with Gasteiger partial charge in [-0.3, -0.25) is 9.59 Å². The van der Waals surface area contributed by atoms with E-state index in [0.717, 1.165) is 101 Å². The zero-order valence-corrected chi connectivity index (χ0v) is 17.3. The van der Waals surface area contributed by atoms with Gasteiger partial charge < -0.3 is 14.9 Å². The van der Waals surface area contributed by atoms with Gasteiger partial charge in [0.25, 0.3) is 6.47 Å². The average molecular weight is 403 g/mol. The van der Waals surface area contributed by atoms with E-state index in [9.17, 15) is 19.8 Å². The number of ether oxygens (including phenoxy) is 1. The summed E-state index contributed by atoms with van der Waals surface area (Å²) in [6, 6.07) is 6.01. The van der Waals surface area contributed by atoms with Gasteiger partial charge in [-0.25, -0.2) is 0 Å². The normalized spacial score (nSPS) is 18.2. The van der Waals surface area contributed by atoms with E-state index in [1.54, 1.807) is 0 Å². The standard InChI is InChI=1S/C24H34O5/c25-18-29-24(16-17-24)13-6-2-4-9-20-11-7-10-19(21(20)26)8-3-1-5-12-23(14-15-23)22(27)28/h7,10-11,18,26H,1-6,8-9,12-17H2,(H,27,28). The van der Waals surface area contributed by atoms with Crippen molar-refractivity contribution in [2.24, 2.45) is 5.41 Å². The van der Waals surface area contributed by atoms with Gasteiger partial charge in [0.2, 0.25) is 0 Å². The number of aliphatic carboxylic acids is 1. The van der Waals surface area contributed by atoms with Crippen LogP contribution in [0.25, 0.3) is 0 Å². The molecule has 1 aromatic carbocycles. The first-order chi connectivity index (χ1) is 14.0. The number of unbranched alkanes of at least 4 members (excludes halogenated alkanes) is 4. The molecule has 2 aliphatic carbocycles. The van der Waals surface area contributed by atoms with Crippen molar-refractivity contribution in [3.63, 3.8) is 0 Å². The molecule has 160 valence electrons. The van der Waals surface area contributed by atoms with E-state index in [0.29, 0.717) is 12.2 Å². The Morgan fingerprint density at radius 1 is 0.931 bits per heavy atom. The molecule has 5 heteroatoms. The fraction of sp³-hybridized carbons (Fsp3) is 0.667. The lowest BCUT2D eigenvalue weighted by atomic mass is 9.96. The summed E-state index contributed by atoms with van der Waals surface area (Å²) in [7, 11) is 0. The van der Waals surface area contributed by atoms with Crippen LogP contribution in [0.2, 0.25) is 0 Å². The molecule has 0 unspecified atom stereocenters. The highest BCUT2D eigenvalue weighted by molar-refractivity contribution is 5.77. The summed E-state index contributed by atoms with van der Waals surface area (Å²) in [4.78, 5) is 21.7. The smallest absolute Gasteiger partial charge is 0.309 e. The maximum atomic E-state index is 11.2. The first-order valence-electron chi connectivity index (χ1n) is 11.1. The monoisotopic (exact) mass is 402 g/mol. The fourth-order valence-electron chi connectivity index (χ4n) is 4.33. The largest absolute Gasteiger partial charge is 0.507 e. The number of rotatable bonds is 15. The van der Waals surface area contributed by atoms with Gasteiger partial charge in [0.15, 0.2) is 0 Å². The summed E-state index contributed by atoms with van der Waals surface area (Å²) in [5.41, 5.74) is 1.43. The number of hydrogen-bond donors (Lipinski definition) is 2. The molecule has 0 radical (unpaired) electrons. The zero-order valence-electron chi connectivity index (χ0n) is 17.3. The number of carbonyl (C=O) groups excluding carboxylic acids is 1. The number of aromatic hydroxyl groups is 1.